The number of nitrogens with one attached hydrogen (secondary N) is 1. The summed E-state index contributed by atoms with van der Waals surface area (Å²) in [5, 5.41) is 2.85. The molecule has 1 atom stereocenters. The lowest BCUT2D eigenvalue weighted by atomic mass is 10.2. The first-order chi connectivity index (χ1) is 10.7. The normalized spacial score (nSPS) is 23.2. The van der Waals surface area contributed by atoms with Crippen LogP contribution in [0.3, 0.4) is 0 Å². The Morgan fingerprint density at radius 2 is 2.14 bits per heavy atom. The third-order valence-corrected chi connectivity index (χ3v) is 4.23. The van der Waals surface area contributed by atoms with Crippen LogP contribution >= 0.6 is 0 Å². The first-order valence-electron chi connectivity index (χ1n) is 7.74. The van der Waals surface area contributed by atoms with Crippen LogP contribution in [0.25, 0.3) is 0 Å². The van der Waals surface area contributed by atoms with Crippen molar-refractivity contribution in [2.45, 2.75) is 6.10 Å². The molecule has 1 N–H and O–H groups in total. The third kappa shape index (κ3) is 3.69. The number of hydrogen-bond donors (Lipinski definition) is 1. The average Bonchev–Trinajstić information content (AvgIpc) is 2.58. The number of carbonyl (C=O) groups is 1. The highest BCUT2D eigenvalue weighted by atomic mass is 16.5. The van der Waals surface area contributed by atoms with Crippen molar-refractivity contribution >= 4 is 11.6 Å². The molecule has 120 valence electrons. The maximum absolute atomic E-state index is 11.1. The van der Waals surface area contributed by atoms with Gasteiger partial charge in [-0.25, -0.2) is 0 Å². The monoisotopic (exact) mass is 305 g/mol. The van der Waals surface area contributed by atoms with Crippen LogP contribution in [-0.2, 0) is 9.53 Å². The Balaban J connectivity index is 1.48. The number of piperazine rings is 1. The van der Waals surface area contributed by atoms with Crippen molar-refractivity contribution in [3.05, 3.63) is 24.3 Å². The molecule has 2 aliphatic heterocycles. The zero-order valence-electron chi connectivity index (χ0n) is 13.0. The van der Waals surface area contributed by atoms with E-state index in [2.05, 4.69) is 27.2 Å². The average molecular weight is 305 g/mol. The van der Waals surface area contributed by atoms with Gasteiger partial charge in [0.15, 0.2) is 0 Å². The van der Waals surface area contributed by atoms with Gasteiger partial charge in [-0.15, -0.1) is 0 Å². The Bertz CT molecular complexity index is 505. The molecule has 1 unspecified atom stereocenters. The molecule has 0 radical (unpaired) electrons. The molecule has 22 heavy (non-hydrogen) atoms. The molecule has 1 amide bonds. The molecule has 3 rings (SSSR count). The molecule has 2 aliphatic rings. The Kier molecular flexibility index (Phi) is 4.80. The third-order valence-electron chi connectivity index (χ3n) is 4.23. The van der Waals surface area contributed by atoms with E-state index in [0.29, 0.717) is 6.54 Å². The van der Waals surface area contributed by atoms with Crippen LogP contribution in [0.2, 0.25) is 0 Å². The highest BCUT2D eigenvalue weighted by Gasteiger charge is 2.24. The summed E-state index contributed by atoms with van der Waals surface area (Å²) >= 11 is 0. The van der Waals surface area contributed by atoms with Crippen molar-refractivity contribution in [2.75, 3.05) is 57.9 Å². The molecule has 1 aromatic carbocycles. The van der Waals surface area contributed by atoms with Crippen molar-refractivity contribution in [1.82, 2.24) is 10.2 Å². The van der Waals surface area contributed by atoms with Gasteiger partial charge in [-0.05, 0) is 12.1 Å². The summed E-state index contributed by atoms with van der Waals surface area (Å²) in [6.07, 6.45) is 0.112. The van der Waals surface area contributed by atoms with Gasteiger partial charge in [0.2, 0.25) is 5.91 Å². The van der Waals surface area contributed by atoms with Crippen molar-refractivity contribution in [1.29, 1.82) is 0 Å². The zero-order chi connectivity index (χ0) is 15.4. The summed E-state index contributed by atoms with van der Waals surface area (Å²) in [6.45, 7) is 5.68. The maximum atomic E-state index is 11.1. The van der Waals surface area contributed by atoms with E-state index in [4.69, 9.17) is 9.47 Å². The van der Waals surface area contributed by atoms with E-state index in [1.165, 1.54) is 5.69 Å². The van der Waals surface area contributed by atoms with E-state index in [-0.39, 0.29) is 18.6 Å². The number of methoxy groups -OCH3 is 1. The lowest BCUT2D eigenvalue weighted by Gasteiger charge is -2.38. The number of ether oxygens (including phenoxy) is 2. The van der Waals surface area contributed by atoms with Crippen molar-refractivity contribution < 1.29 is 14.3 Å². The largest absolute Gasteiger partial charge is 0.497 e. The highest BCUT2D eigenvalue weighted by Crippen LogP contribution is 2.22. The molecule has 2 saturated heterocycles. The number of hydrogen-bond acceptors (Lipinski definition) is 5. The van der Waals surface area contributed by atoms with E-state index in [0.717, 1.165) is 38.5 Å². The fourth-order valence-electron chi connectivity index (χ4n) is 2.93. The molecular weight excluding hydrogens is 282 g/mol. The minimum absolute atomic E-state index is 0.0147. The number of carbonyl (C=O) groups excluding carboxylic acids is 1. The van der Waals surface area contributed by atoms with Gasteiger partial charge in [-0.1, -0.05) is 6.07 Å². The number of benzene rings is 1. The van der Waals surface area contributed by atoms with Gasteiger partial charge in [0.05, 0.1) is 13.2 Å². The minimum Gasteiger partial charge on any atom is -0.497 e. The summed E-state index contributed by atoms with van der Waals surface area (Å²) in [5.74, 6) is 0.880. The molecule has 0 aromatic heterocycles. The van der Waals surface area contributed by atoms with Gasteiger partial charge in [0.1, 0.15) is 12.4 Å². The smallest absolute Gasteiger partial charge is 0.246 e. The maximum Gasteiger partial charge on any atom is 0.246 e. The fraction of sp³-hybridized carbons (Fsp3) is 0.562. The van der Waals surface area contributed by atoms with Crippen LogP contribution in [0.5, 0.6) is 5.75 Å². The summed E-state index contributed by atoms with van der Waals surface area (Å²) in [6, 6.07) is 8.20. The predicted molar refractivity (Wildman–Crippen MR) is 84.4 cm³/mol. The summed E-state index contributed by atoms with van der Waals surface area (Å²) < 4.78 is 10.8. The lowest BCUT2D eigenvalue weighted by molar-refractivity contribution is -0.133. The quantitative estimate of drug-likeness (QED) is 0.869. The summed E-state index contributed by atoms with van der Waals surface area (Å²) in [5.41, 5.74) is 1.21. The van der Waals surface area contributed by atoms with E-state index in [9.17, 15) is 4.79 Å². The Morgan fingerprint density at radius 3 is 2.82 bits per heavy atom. The second-order valence-electron chi connectivity index (χ2n) is 5.73. The van der Waals surface area contributed by atoms with Crippen LogP contribution in [-0.4, -0.2) is 69.9 Å². The molecule has 6 heteroatoms. The van der Waals surface area contributed by atoms with E-state index >= 15 is 0 Å². The first-order valence-corrected chi connectivity index (χ1v) is 7.74. The predicted octanol–water partition coefficient (Wildman–Crippen LogP) is 0.332. The van der Waals surface area contributed by atoms with E-state index in [1.54, 1.807) is 7.11 Å². The Labute approximate surface area is 131 Å². The number of morpholine rings is 1. The van der Waals surface area contributed by atoms with Gasteiger partial charge in [-0.3, -0.25) is 9.69 Å². The second kappa shape index (κ2) is 6.98. The molecule has 6 nitrogen and oxygen atoms in total. The van der Waals surface area contributed by atoms with Gasteiger partial charge >= 0.3 is 0 Å². The Morgan fingerprint density at radius 1 is 1.32 bits per heavy atom. The van der Waals surface area contributed by atoms with Gasteiger partial charge in [0, 0.05) is 51.0 Å². The van der Waals surface area contributed by atoms with Crippen LogP contribution in [0.4, 0.5) is 5.69 Å². The SMILES string of the molecule is COc1cccc(N2CCN(CC3CNC(=O)CO3)CC2)c1. The summed E-state index contributed by atoms with van der Waals surface area (Å²) in [4.78, 5) is 15.9. The van der Waals surface area contributed by atoms with Crippen molar-refractivity contribution in [2.24, 2.45) is 0 Å². The highest BCUT2D eigenvalue weighted by molar-refractivity contribution is 5.77. The van der Waals surface area contributed by atoms with Crippen LogP contribution in [0.15, 0.2) is 24.3 Å². The molecule has 2 fully saturated rings. The van der Waals surface area contributed by atoms with E-state index < -0.39 is 0 Å². The van der Waals surface area contributed by atoms with Gasteiger partial charge < -0.3 is 19.7 Å². The van der Waals surface area contributed by atoms with Crippen LogP contribution < -0.4 is 15.0 Å². The molecule has 0 bridgehead atoms. The van der Waals surface area contributed by atoms with Gasteiger partial charge in [0.25, 0.3) is 0 Å². The minimum atomic E-state index is -0.0147. The standard InChI is InChI=1S/C16H23N3O3/c1-21-14-4-2-3-13(9-14)19-7-5-18(6-8-19)11-15-10-17-16(20)12-22-15/h2-4,9,15H,5-8,10-12H2,1H3,(H,17,20). The van der Waals surface area contributed by atoms with Crippen LogP contribution in [0.1, 0.15) is 0 Å². The molecule has 2 heterocycles. The van der Waals surface area contributed by atoms with E-state index in [1.807, 2.05) is 12.1 Å². The molecule has 0 saturated carbocycles. The molecule has 0 aliphatic carbocycles. The lowest BCUT2D eigenvalue weighted by Crippen LogP contribution is -2.52. The summed E-state index contributed by atoms with van der Waals surface area (Å²) in [7, 11) is 1.69. The topological polar surface area (TPSA) is 54.0 Å². The van der Waals surface area contributed by atoms with Crippen LogP contribution in [0, 0.1) is 0 Å². The molecule has 0 spiro atoms. The zero-order valence-corrected chi connectivity index (χ0v) is 13.0. The van der Waals surface area contributed by atoms with Gasteiger partial charge in [-0.2, -0.15) is 0 Å². The number of anilines is 1. The molecule has 1 aromatic rings. The number of nitrogens with zero attached hydrogens (tertiary/aromatic N) is 2. The first kappa shape index (κ1) is 15.1. The number of amides is 1. The number of rotatable bonds is 4. The second-order valence-corrected chi connectivity index (χ2v) is 5.73. The molecular formula is C16H23N3O3. The van der Waals surface area contributed by atoms with Crippen molar-refractivity contribution in [3.8, 4) is 5.75 Å². The van der Waals surface area contributed by atoms with Crippen molar-refractivity contribution in [3.63, 3.8) is 0 Å². The fourth-order valence-corrected chi connectivity index (χ4v) is 2.93. The Hall–Kier alpha value is -1.79.